The first kappa shape index (κ1) is 60.7. The second-order valence-electron chi connectivity index (χ2n) is 9.86. The Kier molecular flexibility index (Phi) is 47.3. The molecule has 0 heterocycles. The maximum absolute atomic E-state index is 11.5. The largest absolute Gasteiger partial charge is 1.00 e. The molecule has 0 bridgehead atoms. The van der Waals surface area contributed by atoms with E-state index in [1.807, 2.05) is 0 Å². The van der Waals surface area contributed by atoms with Gasteiger partial charge in [-0.05, 0) is 6.42 Å². The molecule has 0 aliphatic rings. The minimum atomic E-state index is -4.82. The summed E-state index contributed by atoms with van der Waals surface area (Å²) in [6.45, 7) is -0.809. The molecule has 48 heavy (non-hydrogen) atoms. The van der Waals surface area contributed by atoms with E-state index in [9.17, 15) is 57.6 Å². The molecule has 0 amide bonds. The van der Waals surface area contributed by atoms with Crippen LogP contribution in [0.5, 0.6) is 0 Å². The van der Waals surface area contributed by atoms with E-state index in [1.165, 1.54) is 38.5 Å². The average Bonchev–Trinajstić information content (AvgIpc) is 2.87. The summed E-state index contributed by atoms with van der Waals surface area (Å²) in [6.07, 6.45) is 9.90. The third-order valence-corrected chi connectivity index (χ3v) is 6.94. The fraction of sp³-hybridized carbons (Fsp3) is 0.769. The molecule has 17 nitrogen and oxygen atoms in total. The van der Waals surface area contributed by atoms with Crippen molar-refractivity contribution in [2.75, 3.05) is 45.9 Å². The fourth-order valence-electron chi connectivity index (χ4n) is 3.77. The van der Waals surface area contributed by atoms with E-state index in [-0.39, 0.29) is 138 Å². The summed E-state index contributed by atoms with van der Waals surface area (Å²) < 4.78 is 35.5. The number of hydrogen-bond donors (Lipinski definition) is 2. The third-order valence-electron chi connectivity index (χ3n) is 5.87. The normalized spacial score (nSPS) is 10.8. The molecule has 0 spiro atoms. The van der Waals surface area contributed by atoms with E-state index >= 15 is 0 Å². The van der Waals surface area contributed by atoms with Gasteiger partial charge in [0.25, 0.3) is 10.1 Å². The maximum atomic E-state index is 11.5. The van der Waals surface area contributed by atoms with Crippen molar-refractivity contribution in [1.82, 2.24) is 9.80 Å². The number of ether oxygens (including phenoxy) is 1. The number of rotatable bonds is 26. The van der Waals surface area contributed by atoms with Crippen LogP contribution in [0.2, 0.25) is 0 Å². The number of carbonyl (C=O) groups excluding carboxylic acids is 5. The first-order valence-electron chi connectivity index (χ1n) is 14.1. The van der Waals surface area contributed by atoms with Gasteiger partial charge in [0.05, 0.1) is 31.1 Å². The first-order valence-corrected chi connectivity index (χ1v) is 15.6. The van der Waals surface area contributed by atoms with E-state index in [0.717, 1.165) is 29.1 Å². The van der Waals surface area contributed by atoms with Gasteiger partial charge in [-0.2, -0.15) is 8.42 Å². The molecule has 0 aromatic rings. The number of aliphatic carboxylic acids is 5. The molecule has 0 aromatic heterocycles. The van der Waals surface area contributed by atoms with Crippen LogP contribution >= 0.6 is 0 Å². The van der Waals surface area contributed by atoms with Gasteiger partial charge in [-0.25, -0.2) is 0 Å². The summed E-state index contributed by atoms with van der Waals surface area (Å²) in [5.74, 6) is -8.81. The molecule has 0 saturated heterocycles. The zero-order valence-corrected chi connectivity index (χ0v) is 37.6. The van der Waals surface area contributed by atoms with Crippen molar-refractivity contribution in [2.24, 2.45) is 0 Å². The van der Waals surface area contributed by atoms with Gasteiger partial charge in [0, 0.05) is 45.1 Å². The van der Waals surface area contributed by atoms with Gasteiger partial charge >= 0.3 is 130 Å². The van der Waals surface area contributed by atoms with Crippen LogP contribution in [-0.4, -0.2) is 115 Å². The Morgan fingerprint density at radius 1 is 0.625 bits per heavy atom. The number of hydrogen-bond acceptors (Lipinski definition) is 15. The van der Waals surface area contributed by atoms with E-state index in [1.54, 1.807) is 0 Å². The van der Waals surface area contributed by atoms with Crippen LogP contribution in [0.15, 0.2) is 0 Å². The van der Waals surface area contributed by atoms with Crippen LogP contribution in [-0.2, 0) is 43.6 Å². The number of esters is 1. The van der Waals surface area contributed by atoms with E-state index in [4.69, 9.17) is 14.4 Å². The van der Waals surface area contributed by atoms with Gasteiger partial charge in [0.15, 0.2) is 5.25 Å². The third kappa shape index (κ3) is 41.1. The van der Waals surface area contributed by atoms with E-state index < -0.39 is 83.8 Å². The standard InChI is InChI=1S/C16H30O7S.C10H16N2O8.4Na/c1-2-3-4-5-6-7-8-9-10-11-12-23-16(19)14(13-15(17)18)24(20,21)22;13-7(14)3-11(4-8(15)16)1-2-12(5-9(17)18)6-10(19)20;;;;/h14H,2-13H2,1H3,(H,17,18)(H,20,21,22);1-6H2,(H,13,14)(H,15,16)(H,17,18)(H,19,20);;;;/q;;4*+1/p-4. The van der Waals surface area contributed by atoms with Gasteiger partial charge in [-0.1, -0.05) is 64.7 Å². The summed E-state index contributed by atoms with van der Waals surface area (Å²) in [4.78, 5) is 65.6. The molecule has 0 aliphatic heterocycles. The molecule has 2 N–H and O–H groups in total. The summed E-state index contributed by atoms with van der Waals surface area (Å²) in [6, 6.07) is 0. The van der Waals surface area contributed by atoms with Crippen LogP contribution in [0.3, 0.4) is 0 Å². The molecule has 0 saturated carbocycles. The van der Waals surface area contributed by atoms with Crippen LogP contribution in [0.25, 0.3) is 0 Å². The van der Waals surface area contributed by atoms with Crippen LogP contribution in [0.4, 0.5) is 0 Å². The summed E-state index contributed by atoms with van der Waals surface area (Å²) in [7, 11) is -4.82. The molecule has 0 aliphatic carbocycles. The molecule has 0 radical (unpaired) electrons. The molecule has 0 fully saturated rings. The molecule has 256 valence electrons. The molecule has 0 rings (SSSR count). The van der Waals surface area contributed by atoms with Gasteiger partial charge in [0.2, 0.25) is 0 Å². The molecule has 0 aromatic carbocycles. The second-order valence-corrected chi connectivity index (χ2v) is 11.5. The van der Waals surface area contributed by atoms with Crippen molar-refractivity contribution in [3.8, 4) is 0 Å². The zero-order valence-electron chi connectivity index (χ0n) is 28.8. The molecule has 1 unspecified atom stereocenters. The molecular formula is C26H42N2Na4O15S. The summed E-state index contributed by atoms with van der Waals surface area (Å²) in [5, 5.41) is 48.1. The molecular weight excluding hydrogens is 704 g/mol. The number of unbranched alkanes of at least 4 members (excludes halogenated alkanes) is 9. The second kappa shape index (κ2) is 37.4. The van der Waals surface area contributed by atoms with Crippen molar-refractivity contribution in [2.45, 2.75) is 82.8 Å². The summed E-state index contributed by atoms with van der Waals surface area (Å²) >= 11 is 0. The van der Waals surface area contributed by atoms with E-state index in [0.29, 0.717) is 6.42 Å². The number of nitrogens with zero attached hydrogens (tertiary/aromatic N) is 2. The minimum absolute atomic E-state index is 0. The Morgan fingerprint density at radius 2 is 0.979 bits per heavy atom. The monoisotopic (exact) mass is 746 g/mol. The number of carboxylic acid groups (broad SMARTS) is 5. The predicted molar refractivity (Wildman–Crippen MR) is 143 cm³/mol. The van der Waals surface area contributed by atoms with Gasteiger partial charge in [-0.15, -0.1) is 0 Å². The fourth-order valence-corrected chi connectivity index (χ4v) is 4.42. The minimum Gasteiger partial charge on any atom is -0.550 e. The van der Waals surface area contributed by atoms with Gasteiger partial charge in [0.1, 0.15) is 0 Å². The van der Waals surface area contributed by atoms with Crippen LogP contribution in [0.1, 0.15) is 77.6 Å². The Hall–Kier alpha value is 0.650. The zero-order chi connectivity index (χ0) is 34.1. The van der Waals surface area contributed by atoms with Crippen LogP contribution in [0, 0.1) is 0 Å². The molecule has 1 atom stereocenters. The van der Waals surface area contributed by atoms with E-state index in [2.05, 4.69) is 6.92 Å². The topological polar surface area (TPSA) is 285 Å². The average molecular weight is 747 g/mol. The van der Waals surface area contributed by atoms with Crippen molar-refractivity contribution in [3.63, 3.8) is 0 Å². The molecule has 22 heteroatoms. The van der Waals surface area contributed by atoms with Crippen molar-refractivity contribution >= 4 is 45.9 Å². The smallest absolute Gasteiger partial charge is 0.550 e. The predicted octanol–water partition coefficient (Wildman–Crippen LogP) is -16.2. The maximum Gasteiger partial charge on any atom is 1.00 e. The Labute approximate surface area is 370 Å². The Balaban J connectivity index is -0.000000172. The van der Waals surface area contributed by atoms with Crippen molar-refractivity contribution < 1.29 is 190 Å². The Bertz CT molecular complexity index is 955. The number of carbonyl (C=O) groups is 6. The Morgan fingerprint density at radius 3 is 1.29 bits per heavy atom. The quantitative estimate of drug-likeness (QED) is 0.0360. The summed E-state index contributed by atoms with van der Waals surface area (Å²) in [5.41, 5.74) is 0. The first-order chi connectivity index (χ1) is 20.5. The van der Waals surface area contributed by atoms with Gasteiger partial charge in [-0.3, -0.25) is 23.9 Å². The van der Waals surface area contributed by atoms with Crippen LogP contribution < -0.4 is 139 Å². The van der Waals surface area contributed by atoms with Crippen molar-refractivity contribution in [3.05, 3.63) is 0 Å². The number of carboxylic acids is 5. The van der Waals surface area contributed by atoms with Crippen molar-refractivity contribution in [1.29, 1.82) is 0 Å². The van der Waals surface area contributed by atoms with Gasteiger partial charge < -0.3 is 49.4 Å². The SMILES string of the molecule is CCCCCCCCCCCCOC(=O)C(CC(=O)[O-])S(=O)(=O)O.O=C([O-])CN(CCN(CC(=O)[O-])CC(=O)O)CC(=O)[O-].[Na+].[Na+].[Na+].[Na+].